The summed E-state index contributed by atoms with van der Waals surface area (Å²) >= 11 is 0. The van der Waals surface area contributed by atoms with Gasteiger partial charge in [-0.15, -0.1) is 0 Å². The Morgan fingerprint density at radius 1 is 0.784 bits per heavy atom. The summed E-state index contributed by atoms with van der Waals surface area (Å²) in [6, 6.07) is 7.25. The molecule has 1 saturated heterocycles. The maximum Gasteiger partial charge on any atom is 0.328 e. The first-order chi connectivity index (χ1) is 17.9. The predicted octanol–water partition coefficient (Wildman–Crippen LogP) is 6.24. The SMILES string of the molecule is CCCCOC[C@H]1O[C@@](O)(C(F)(F)c2ccccc2)[C@H](OCCCC)[C@@H](OCCCC)C1OCCCC. The maximum atomic E-state index is 16.2. The average Bonchev–Trinajstić information content (AvgIpc) is 2.90. The fourth-order valence-electron chi connectivity index (χ4n) is 4.33. The second-order valence-corrected chi connectivity index (χ2v) is 9.74. The van der Waals surface area contributed by atoms with Crippen LogP contribution in [0.2, 0.25) is 0 Å². The molecule has 1 heterocycles. The quantitative estimate of drug-likeness (QED) is 0.214. The van der Waals surface area contributed by atoms with Crippen LogP contribution in [0, 0.1) is 0 Å². The Labute approximate surface area is 222 Å². The van der Waals surface area contributed by atoms with Gasteiger partial charge in [-0.05, 0) is 25.7 Å². The van der Waals surface area contributed by atoms with E-state index in [1.54, 1.807) is 6.07 Å². The summed E-state index contributed by atoms with van der Waals surface area (Å²) in [6.07, 6.45) is 2.43. The molecule has 1 aromatic carbocycles. The van der Waals surface area contributed by atoms with E-state index in [9.17, 15) is 5.11 Å². The molecular formula is C29H48F2O6. The van der Waals surface area contributed by atoms with Crippen LogP contribution in [-0.4, -0.2) is 68.3 Å². The molecule has 0 aromatic heterocycles. The van der Waals surface area contributed by atoms with Gasteiger partial charge in [0.1, 0.15) is 24.4 Å². The highest BCUT2D eigenvalue weighted by Gasteiger charge is 2.68. The van der Waals surface area contributed by atoms with Gasteiger partial charge in [-0.3, -0.25) is 0 Å². The van der Waals surface area contributed by atoms with Crippen molar-refractivity contribution in [3.8, 4) is 0 Å². The van der Waals surface area contributed by atoms with E-state index < -0.39 is 36.1 Å². The van der Waals surface area contributed by atoms with Gasteiger partial charge >= 0.3 is 5.92 Å². The van der Waals surface area contributed by atoms with Gasteiger partial charge in [0, 0.05) is 32.0 Å². The minimum Gasteiger partial charge on any atom is -0.379 e. The number of hydrogen-bond donors (Lipinski definition) is 1. The monoisotopic (exact) mass is 530 g/mol. The van der Waals surface area contributed by atoms with Crippen LogP contribution in [0.3, 0.4) is 0 Å². The van der Waals surface area contributed by atoms with E-state index in [0.29, 0.717) is 26.2 Å². The Kier molecular flexibility index (Phi) is 14.5. The van der Waals surface area contributed by atoms with Crippen molar-refractivity contribution in [1.82, 2.24) is 0 Å². The van der Waals surface area contributed by atoms with E-state index in [4.69, 9.17) is 23.7 Å². The number of unbranched alkanes of at least 4 members (excludes halogenated alkanes) is 4. The van der Waals surface area contributed by atoms with Gasteiger partial charge in [-0.1, -0.05) is 83.7 Å². The average molecular weight is 531 g/mol. The first-order valence-corrected chi connectivity index (χ1v) is 14.1. The Balaban J connectivity index is 2.51. The summed E-state index contributed by atoms with van der Waals surface area (Å²) in [5.41, 5.74) is -0.357. The number of ether oxygens (including phenoxy) is 5. The lowest BCUT2D eigenvalue weighted by molar-refractivity contribution is -0.426. The van der Waals surface area contributed by atoms with Crippen molar-refractivity contribution in [3.63, 3.8) is 0 Å². The number of halogens is 2. The van der Waals surface area contributed by atoms with Crippen molar-refractivity contribution in [1.29, 1.82) is 0 Å². The van der Waals surface area contributed by atoms with Crippen molar-refractivity contribution >= 4 is 0 Å². The van der Waals surface area contributed by atoms with Crippen molar-refractivity contribution in [2.24, 2.45) is 0 Å². The fraction of sp³-hybridized carbons (Fsp3) is 0.793. The Bertz CT molecular complexity index is 722. The molecule has 8 heteroatoms. The zero-order chi connectivity index (χ0) is 27.2. The van der Waals surface area contributed by atoms with Crippen LogP contribution in [-0.2, 0) is 29.6 Å². The van der Waals surface area contributed by atoms with Crippen LogP contribution < -0.4 is 0 Å². The summed E-state index contributed by atoms with van der Waals surface area (Å²) < 4.78 is 62.6. The molecule has 0 spiro atoms. The lowest BCUT2D eigenvalue weighted by atomic mass is 9.85. The number of rotatable bonds is 19. The predicted molar refractivity (Wildman–Crippen MR) is 140 cm³/mol. The first kappa shape index (κ1) is 32.1. The highest BCUT2D eigenvalue weighted by atomic mass is 19.3. The van der Waals surface area contributed by atoms with E-state index in [1.807, 2.05) is 20.8 Å². The van der Waals surface area contributed by atoms with Crippen LogP contribution in [0.25, 0.3) is 0 Å². The van der Waals surface area contributed by atoms with Crippen LogP contribution >= 0.6 is 0 Å². The van der Waals surface area contributed by atoms with Gasteiger partial charge in [-0.25, -0.2) is 0 Å². The smallest absolute Gasteiger partial charge is 0.328 e. The molecule has 1 aliphatic rings. The number of benzene rings is 1. The van der Waals surface area contributed by atoms with Crippen molar-refractivity contribution in [3.05, 3.63) is 35.9 Å². The van der Waals surface area contributed by atoms with E-state index in [0.717, 1.165) is 44.9 Å². The standard InChI is InChI=1S/C29H48F2O6/c1-5-9-18-33-22-24-25(34-19-10-6-2)26(35-20-11-7-3)27(36-21-12-8-4)29(32,37-24)28(30,31)23-16-14-13-15-17-23/h13-17,24-27,32H,5-12,18-22H2,1-4H3/t24-,25?,26+,27-,29-/m1/s1. The zero-order valence-electron chi connectivity index (χ0n) is 23.1. The minimum atomic E-state index is -3.78. The number of aliphatic hydroxyl groups is 1. The molecule has 0 bridgehead atoms. The van der Waals surface area contributed by atoms with Gasteiger partial charge in [-0.2, -0.15) is 8.78 Å². The molecule has 1 fully saturated rings. The summed E-state index contributed by atoms with van der Waals surface area (Å²) in [5, 5.41) is 11.8. The molecule has 1 aromatic rings. The van der Waals surface area contributed by atoms with Crippen molar-refractivity contribution in [2.75, 3.05) is 33.0 Å². The molecule has 0 radical (unpaired) electrons. The molecule has 37 heavy (non-hydrogen) atoms. The van der Waals surface area contributed by atoms with Crippen molar-refractivity contribution < 1.29 is 37.6 Å². The van der Waals surface area contributed by atoms with E-state index >= 15 is 8.78 Å². The second-order valence-electron chi connectivity index (χ2n) is 9.74. The molecule has 5 atom stereocenters. The normalized spacial score (nSPS) is 26.5. The number of alkyl halides is 2. The third-order valence-corrected chi connectivity index (χ3v) is 6.63. The highest BCUT2D eigenvalue weighted by Crippen LogP contribution is 2.48. The minimum absolute atomic E-state index is 0.000705. The molecule has 2 rings (SSSR count). The van der Waals surface area contributed by atoms with E-state index in [1.165, 1.54) is 24.3 Å². The largest absolute Gasteiger partial charge is 0.379 e. The third kappa shape index (κ3) is 8.67. The van der Waals surface area contributed by atoms with Gasteiger partial charge < -0.3 is 28.8 Å². The molecule has 1 aliphatic heterocycles. The van der Waals surface area contributed by atoms with Gasteiger partial charge in [0.2, 0.25) is 0 Å². The summed E-state index contributed by atoms with van der Waals surface area (Å²) in [4.78, 5) is 0. The third-order valence-electron chi connectivity index (χ3n) is 6.63. The molecule has 0 saturated carbocycles. The van der Waals surface area contributed by atoms with E-state index in [-0.39, 0.29) is 18.8 Å². The lowest BCUT2D eigenvalue weighted by Crippen LogP contribution is -2.72. The van der Waals surface area contributed by atoms with Crippen LogP contribution in [0.5, 0.6) is 0 Å². The Hall–Kier alpha value is -1.16. The second kappa shape index (κ2) is 16.7. The fourth-order valence-corrected chi connectivity index (χ4v) is 4.33. The van der Waals surface area contributed by atoms with Crippen LogP contribution in [0.15, 0.2) is 30.3 Å². The molecule has 0 aliphatic carbocycles. The van der Waals surface area contributed by atoms with Crippen molar-refractivity contribution in [2.45, 2.75) is 115 Å². The molecule has 6 nitrogen and oxygen atoms in total. The van der Waals surface area contributed by atoms with Crippen LogP contribution in [0.1, 0.15) is 84.6 Å². The lowest BCUT2D eigenvalue weighted by Gasteiger charge is -2.52. The summed E-state index contributed by atoms with van der Waals surface area (Å²) in [7, 11) is 0. The summed E-state index contributed by atoms with van der Waals surface area (Å²) in [6.45, 7) is 9.51. The van der Waals surface area contributed by atoms with Crippen LogP contribution in [0.4, 0.5) is 8.78 Å². The summed E-state index contributed by atoms with van der Waals surface area (Å²) in [5.74, 6) is -6.77. The van der Waals surface area contributed by atoms with E-state index in [2.05, 4.69) is 6.92 Å². The van der Waals surface area contributed by atoms with Gasteiger partial charge in [0.25, 0.3) is 5.79 Å². The Morgan fingerprint density at radius 2 is 1.30 bits per heavy atom. The zero-order valence-corrected chi connectivity index (χ0v) is 23.1. The highest BCUT2D eigenvalue weighted by molar-refractivity contribution is 5.24. The Morgan fingerprint density at radius 3 is 1.86 bits per heavy atom. The van der Waals surface area contributed by atoms with Gasteiger partial charge in [0.05, 0.1) is 6.61 Å². The number of hydrogen-bond acceptors (Lipinski definition) is 6. The molecule has 1 N–H and O–H groups in total. The molecule has 1 unspecified atom stereocenters. The topological polar surface area (TPSA) is 66.4 Å². The molecule has 214 valence electrons. The molecular weight excluding hydrogens is 482 g/mol. The first-order valence-electron chi connectivity index (χ1n) is 14.1. The molecule has 0 amide bonds. The maximum absolute atomic E-state index is 16.2. The van der Waals surface area contributed by atoms with Gasteiger partial charge in [0.15, 0.2) is 0 Å².